The van der Waals surface area contributed by atoms with Gasteiger partial charge in [0.2, 0.25) is 0 Å². The summed E-state index contributed by atoms with van der Waals surface area (Å²) in [5, 5.41) is 0.0340. The van der Waals surface area contributed by atoms with Gasteiger partial charge in [-0.05, 0) is 23.7 Å². The molecule has 1 radical (unpaired) electrons. The average molecular weight is 240 g/mol. The van der Waals surface area contributed by atoms with Crippen LogP contribution in [0.1, 0.15) is 12.5 Å². The molecular formula is C9H7ClF3S. The summed E-state index contributed by atoms with van der Waals surface area (Å²) >= 11 is 5.45. The Morgan fingerprint density at radius 2 is 2.14 bits per heavy atom. The molecule has 0 saturated heterocycles. The lowest BCUT2D eigenvalue weighted by atomic mass is 10.2. The lowest BCUT2D eigenvalue weighted by Crippen LogP contribution is -2.01. The lowest BCUT2D eigenvalue weighted by molar-refractivity contribution is -0.0328. The van der Waals surface area contributed by atoms with Crippen molar-refractivity contribution >= 4 is 23.4 Å². The first kappa shape index (κ1) is 11.7. The number of rotatable bonds is 2. The van der Waals surface area contributed by atoms with Crippen LogP contribution in [0.25, 0.3) is 0 Å². The van der Waals surface area contributed by atoms with Gasteiger partial charge < -0.3 is 0 Å². The third-order valence-electron chi connectivity index (χ3n) is 1.58. The zero-order valence-corrected chi connectivity index (χ0v) is 8.85. The highest BCUT2D eigenvalue weighted by molar-refractivity contribution is 8.00. The van der Waals surface area contributed by atoms with E-state index in [0.717, 1.165) is 0 Å². The number of halogens is 4. The van der Waals surface area contributed by atoms with Crippen LogP contribution in [0.5, 0.6) is 0 Å². The fourth-order valence-electron chi connectivity index (χ4n) is 1.00. The van der Waals surface area contributed by atoms with E-state index in [2.05, 4.69) is 6.07 Å². The summed E-state index contributed by atoms with van der Waals surface area (Å²) in [7, 11) is 0. The maximum atomic E-state index is 12.1. The molecule has 0 nitrogen and oxygen atoms in total. The largest absolute Gasteiger partial charge is 0.446 e. The SMILES string of the molecule is CCc1cc[c]c(Cl)c1SC(F)(F)F. The summed E-state index contributed by atoms with van der Waals surface area (Å²) in [6.07, 6.45) is 0.521. The molecule has 0 spiro atoms. The van der Waals surface area contributed by atoms with E-state index in [1.807, 2.05) is 0 Å². The first-order chi connectivity index (χ1) is 6.44. The molecule has 0 bridgehead atoms. The van der Waals surface area contributed by atoms with Crippen LogP contribution >= 0.6 is 23.4 Å². The van der Waals surface area contributed by atoms with E-state index in [0.29, 0.717) is 12.0 Å². The summed E-state index contributed by atoms with van der Waals surface area (Å²) < 4.78 is 36.4. The zero-order chi connectivity index (χ0) is 10.8. The Morgan fingerprint density at radius 1 is 1.50 bits per heavy atom. The third kappa shape index (κ3) is 3.10. The van der Waals surface area contributed by atoms with Gasteiger partial charge in [0.25, 0.3) is 0 Å². The Balaban J connectivity index is 3.05. The molecule has 77 valence electrons. The fraction of sp³-hybridized carbons (Fsp3) is 0.333. The van der Waals surface area contributed by atoms with Gasteiger partial charge in [-0.1, -0.05) is 30.7 Å². The van der Waals surface area contributed by atoms with Crippen LogP contribution in [-0.2, 0) is 6.42 Å². The lowest BCUT2D eigenvalue weighted by Gasteiger charge is -2.10. The molecule has 0 fully saturated rings. The van der Waals surface area contributed by atoms with Gasteiger partial charge >= 0.3 is 5.51 Å². The monoisotopic (exact) mass is 239 g/mol. The van der Waals surface area contributed by atoms with Crippen molar-refractivity contribution in [1.82, 2.24) is 0 Å². The smallest absolute Gasteiger partial charge is 0.160 e. The predicted octanol–water partition coefficient (Wildman–Crippen LogP) is 4.31. The van der Waals surface area contributed by atoms with Crippen LogP contribution in [0, 0.1) is 6.07 Å². The summed E-state index contributed by atoms with van der Waals surface area (Å²) in [6, 6.07) is 5.67. The van der Waals surface area contributed by atoms with Crippen LogP contribution < -0.4 is 0 Å². The zero-order valence-electron chi connectivity index (χ0n) is 7.28. The summed E-state index contributed by atoms with van der Waals surface area (Å²) in [5.41, 5.74) is -3.71. The number of aryl methyl sites for hydroxylation is 1. The minimum atomic E-state index is -4.30. The van der Waals surface area contributed by atoms with Gasteiger partial charge in [0.15, 0.2) is 0 Å². The molecule has 0 N–H and O–H groups in total. The van der Waals surface area contributed by atoms with Crippen molar-refractivity contribution in [1.29, 1.82) is 0 Å². The van der Waals surface area contributed by atoms with E-state index in [9.17, 15) is 13.2 Å². The van der Waals surface area contributed by atoms with E-state index in [1.54, 1.807) is 13.0 Å². The maximum Gasteiger partial charge on any atom is 0.446 e. The molecule has 0 heterocycles. The van der Waals surface area contributed by atoms with Crippen LogP contribution in [0.4, 0.5) is 13.2 Å². The van der Waals surface area contributed by atoms with E-state index in [4.69, 9.17) is 11.6 Å². The molecule has 1 aromatic carbocycles. The maximum absolute atomic E-state index is 12.1. The number of hydrogen-bond acceptors (Lipinski definition) is 1. The number of hydrogen-bond donors (Lipinski definition) is 0. The van der Waals surface area contributed by atoms with Gasteiger partial charge in [-0.15, -0.1) is 0 Å². The van der Waals surface area contributed by atoms with E-state index in [-0.39, 0.29) is 21.7 Å². The molecule has 0 unspecified atom stereocenters. The minimum Gasteiger partial charge on any atom is -0.160 e. The quantitative estimate of drug-likeness (QED) is 0.693. The average Bonchev–Trinajstić information content (AvgIpc) is 2.06. The van der Waals surface area contributed by atoms with E-state index < -0.39 is 5.51 Å². The van der Waals surface area contributed by atoms with Crippen LogP contribution in [0.15, 0.2) is 17.0 Å². The Kier molecular flexibility index (Phi) is 3.72. The van der Waals surface area contributed by atoms with Crippen molar-refractivity contribution in [3.63, 3.8) is 0 Å². The second-order valence-corrected chi connectivity index (χ2v) is 4.00. The van der Waals surface area contributed by atoms with E-state index >= 15 is 0 Å². The first-order valence-corrected chi connectivity index (χ1v) is 5.08. The molecule has 14 heavy (non-hydrogen) atoms. The highest BCUT2D eigenvalue weighted by atomic mass is 35.5. The molecule has 0 aliphatic rings. The molecule has 0 atom stereocenters. The molecule has 0 amide bonds. The van der Waals surface area contributed by atoms with Gasteiger partial charge in [0, 0.05) is 11.0 Å². The van der Waals surface area contributed by atoms with Crippen molar-refractivity contribution in [2.24, 2.45) is 0 Å². The molecule has 1 rings (SSSR count). The van der Waals surface area contributed by atoms with Gasteiger partial charge in [-0.25, -0.2) is 0 Å². The Bertz CT molecular complexity index is 322. The molecule has 0 aliphatic heterocycles. The highest BCUT2D eigenvalue weighted by Gasteiger charge is 2.31. The molecular weight excluding hydrogens is 233 g/mol. The second-order valence-electron chi connectivity index (χ2n) is 2.55. The summed E-state index contributed by atoms with van der Waals surface area (Å²) in [5.74, 6) is 0. The summed E-state index contributed by atoms with van der Waals surface area (Å²) in [4.78, 5) is 0.0594. The van der Waals surface area contributed by atoms with Gasteiger partial charge in [0.1, 0.15) is 0 Å². The third-order valence-corrected chi connectivity index (χ3v) is 2.90. The van der Waals surface area contributed by atoms with Gasteiger partial charge in [-0.3, -0.25) is 0 Å². The molecule has 0 aromatic heterocycles. The highest BCUT2D eigenvalue weighted by Crippen LogP contribution is 2.41. The topological polar surface area (TPSA) is 0 Å². The van der Waals surface area contributed by atoms with Crippen LogP contribution in [0.2, 0.25) is 5.02 Å². The Labute approximate surface area is 89.4 Å². The Hall–Kier alpha value is -0.350. The van der Waals surface area contributed by atoms with Crippen molar-refractivity contribution in [2.75, 3.05) is 0 Å². The van der Waals surface area contributed by atoms with Crippen LogP contribution in [-0.4, -0.2) is 5.51 Å². The van der Waals surface area contributed by atoms with Crippen molar-refractivity contribution in [3.8, 4) is 0 Å². The van der Waals surface area contributed by atoms with E-state index in [1.165, 1.54) is 6.07 Å². The number of thioether (sulfide) groups is 1. The fourth-order valence-corrected chi connectivity index (χ4v) is 2.03. The molecule has 1 aromatic rings. The first-order valence-electron chi connectivity index (χ1n) is 3.89. The van der Waals surface area contributed by atoms with Gasteiger partial charge in [-0.2, -0.15) is 13.2 Å². The van der Waals surface area contributed by atoms with Crippen molar-refractivity contribution < 1.29 is 13.2 Å². The normalized spacial score (nSPS) is 11.8. The summed E-state index contributed by atoms with van der Waals surface area (Å²) in [6.45, 7) is 1.78. The number of alkyl halides is 3. The Morgan fingerprint density at radius 3 is 2.64 bits per heavy atom. The molecule has 5 heteroatoms. The standard InChI is InChI=1S/C9H7ClF3S/c1-2-6-4-3-5-7(10)8(6)14-9(11,12)13/h3-4H,2H2,1H3. The van der Waals surface area contributed by atoms with Crippen LogP contribution in [0.3, 0.4) is 0 Å². The van der Waals surface area contributed by atoms with Crippen molar-refractivity contribution in [2.45, 2.75) is 23.7 Å². The molecule has 0 aliphatic carbocycles. The number of benzene rings is 1. The van der Waals surface area contributed by atoms with Gasteiger partial charge in [0.05, 0.1) is 5.02 Å². The van der Waals surface area contributed by atoms with Crippen molar-refractivity contribution in [3.05, 3.63) is 28.8 Å². The second kappa shape index (κ2) is 4.45. The molecule has 0 saturated carbocycles. The predicted molar refractivity (Wildman–Crippen MR) is 51.6 cm³/mol. The minimum absolute atomic E-state index is 0.0340.